The average molecular weight is 256 g/mol. The molecule has 18 heavy (non-hydrogen) atoms. The van der Waals surface area contributed by atoms with Crippen molar-refractivity contribution >= 4 is 0 Å². The van der Waals surface area contributed by atoms with Crippen LogP contribution in [0.5, 0.6) is 6.01 Å². The molecule has 0 atom stereocenters. The maximum atomic E-state index is 11.8. The Morgan fingerprint density at radius 2 is 2.06 bits per heavy atom. The first-order valence-corrected chi connectivity index (χ1v) is 5.88. The van der Waals surface area contributed by atoms with Crippen LogP contribution in [0.4, 0.5) is 0 Å². The van der Waals surface area contributed by atoms with E-state index in [2.05, 4.69) is 4.98 Å². The Balaban J connectivity index is 2.49. The molecule has 0 aromatic carbocycles. The molecule has 0 unspecified atom stereocenters. The van der Waals surface area contributed by atoms with Gasteiger partial charge in [-0.1, -0.05) is 0 Å². The van der Waals surface area contributed by atoms with Crippen LogP contribution in [-0.4, -0.2) is 43.6 Å². The van der Waals surface area contributed by atoms with Crippen molar-refractivity contribution < 1.29 is 14.2 Å². The third-order valence-electron chi connectivity index (χ3n) is 2.39. The lowest BCUT2D eigenvalue weighted by Gasteiger charge is -2.10. The number of methoxy groups -OCH3 is 2. The molecule has 0 aliphatic carbocycles. The van der Waals surface area contributed by atoms with Crippen molar-refractivity contribution in [1.82, 2.24) is 9.55 Å². The van der Waals surface area contributed by atoms with Crippen molar-refractivity contribution in [3.8, 4) is 6.01 Å². The SMILES string of the molecule is COCCOCCCn1c(OC)nc(C)cc1=O. The van der Waals surface area contributed by atoms with Crippen molar-refractivity contribution in [2.24, 2.45) is 0 Å². The first-order chi connectivity index (χ1) is 8.69. The third-order valence-corrected chi connectivity index (χ3v) is 2.39. The molecule has 0 amide bonds. The maximum Gasteiger partial charge on any atom is 0.299 e. The van der Waals surface area contributed by atoms with Gasteiger partial charge in [0.05, 0.1) is 20.3 Å². The highest BCUT2D eigenvalue weighted by Crippen LogP contribution is 2.05. The van der Waals surface area contributed by atoms with Crippen molar-refractivity contribution in [1.29, 1.82) is 0 Å². The van der Waals surface area contributed by atoms with Crippen LogP contribution < -0.4 is 10.3 Å². The van der Waals surface area contributed by atoms with Gasteiger partial charge in [0, 0.05) is 32.0 Å². The molecule has 1 aromatic rings. The van der Waals surface area contributed by atoms with E-state index in [0.29, 0.717) is 38.1 Å². The summed E-state index contributed by atoms with van der Waals surface area (Å²) < 4.78 is 16.8. The molecule has 0 bridgehead atoms. The molecule has 0 aliphatic heterocycles. The standard InChI is InChI=1S/C12H20N2O4/c1-10-9-11(15)14(12(13-10)17-3)5-4-6-18-8-7-16-2/h9H,4-8H2,1-3H3. The summed E-state index contributed by atoms with van der Waals surface area (Å²) in [6.07, 6.45) is 0.727. The van der Waals surface area contributed by atoms with Crippen molar-refractivity contribution in [3.63, 3.8) is 0 Å². The van der Waals surface area contributed by atoms with Crippen LogP contribution in [0.15, 0.2) is 10.9 Å². The summed E-state index contributed by atoms with van der Waals surface area (Å²) in [4.78, 5) is 15.9. The topological polar surface area (TPSA) is 62.6 Å². The van der Waals surface area contributed by atoms with E-state index in [9.17, 15) is 4.79 Å². The second kappa shape index (κ2) is 7.84. The smallest absolute Gasteiger partial charge is 0.299 e. The summed E-state index contributed by atoms with van der Waals surface area (Å²) in [5, 5.41) is 0. The van der Waals surface area contributed by atoms with Gasteiger partial charge >= 0.3 is 0 Å². The van der Waals surface area contributed by atoms with E-state index in [0.717, 1.165) is 6.42 Å². The summed E-state index contributed by atoms with van der Waals surface area (Å²) in [5.74, 6) is 0. The van der Waals surface area contributed by atoms with Gasteiger partial charge in [-0.15, -0.1) is 0 Å². The second-order valence-electron chi connectivity index (χ2n) is 3.83. The van der Waals surface area contributed by atoms with Gasteiger partial charge in [0.25, 0.3) is 11.6 Å². The molecule has 0 saturated heterocycles. The molecule has 0 aliphatic rings. The Kier molecular flexibility index (Phi) is 6.38. The lowest BCUT2D eigenvalue weighted by molar-refractivity contribution is 0.0676. The van der Waals surface area contributed by atoms with Gasteiger partial charge in [-0.05, 0) is 13.3 Å². The van der Waals surface area contributed by atoms with E-state index in [1.165, 1.54) is 17.7 Å². The van der Waals surface area contributed by atoms with E-state index in [1.54, 1.807) is 14.0 Å². The molecule has 0 fully saturated rings. The van der Waals surface area contributed by atoms with E-state index in [4.69, 9.17) is 14.2 Å². The van der Waals surface area contributed by atoms with Gasteiger partial charge in [-0.3, -0.25) is 9.36 Å². The van der Waals surface area contributed by atoms with Gasteiger partial charge in [0.2, 0.25) is 0 Å². The first-order valence-electron chi connectivity index (χ1n) is 5.88. The molecular formula is C12H20N2O4. The molecular weight excluding hydrogens is 236 g/mol. The summed E-state index contributed by atoms with van der Waals surface area (Å²) in [6, 6.07) is 1.84. The van der Waals surface area contributed by atoms with E-state index < -0.39 is 0 Å². The normalized spacial score (nSPS) is 10.6. The number of ether oxygens (including phenoxy) is 3. The highest BCUT2D eigenvalue weighted by Gasteiger charge is 2.06. The van der Waals surface area contributed by atoms with Crippen LogP contribution in [0, 0.1) is 6.92 Å². The number of aromatic nitrogens is 2. The van der Waals surface area contributed by atoms with Crippen LogP contribution >= 0.6 is 0 Å². The zero-order chi connectivity index (χ0) is 13.4. The van der Waals surface area contributed by atoms with Crippen LogP contribution in [0.1, 0.15) is 12.1 Å². The fourth-order valence-corrected chi connectivity index (χ4v) is 1.53. The van der Waals surface area contributed by atoms with Crippen molar-refractivity contribution in [2.75, 3.05) is 34.0 Å². The summed E-state index contributed by atoms with van der Waals surface area (Å²) in [5.41, 5.74) is 0.556. The van der Waals surface area contributed by atoms with Gasteiger partial charge in [-0.2, -0.15) is 0 Å². The zero-order valence-corrected chi connectivity index (χ0v) is 11.1. The molecule has 0 spiro atoms. The summed E-state index contributed by atoms with van der Waals surface area (Å²) in [6.45, 7) is 4.02. The van der Waals surface area contributed by atoms with Crippen LogP contribution in [0.25, 0.3) is 0 Å². The number of aryl methyl sites for hydroxylation is 1. The molecule has 1 aromatic heterocycles. The molecule has 0 saturated carbocycles. The molecule has 1 heterocycles. The number of rotatable bonds is 8. The Morgan fingerprint density at radius 1 is 1.28 bits per heavy atom. The third kappa shape index (κ3) is 4.46. The minimum atomic E-state index is -0.101. The van der Waals surface area contributed by atoms with Crippen molar-refractivity contribution in [3.05, 3.63) is 22.1 Å². The monoisotopic (exact) mass is 256 g/mol. The minimum absolute atomic E-state index is 0.101. The molecule has 6 nitrogen and oxygen atoms in total. The predicted octanol–water partition coefficient (Wildman–Crippen LogP) is 0.613. The average Bonchev–Trinajstić information content (AvgIpc) is 2.35. The molecule has 1 rings (SSSR count). The summed E-state index contributed by atoms with van der Waals surface area (Å²) >= 11 is 0. The lowest BCUT2D eigenvalue weighted by Crippen LogP contribution is -2.23. The van der Waals surface area contributed by atoms with E-state index in [-0.39, 0.29) is 5.56 Å². The highest BCUT2D eigenvalue weighted by molar-refractivity contribution is 5.06. The quantitative estimate of drug-likeness (QED) is 0.638. The van der Waals surface area contributed by atoms with Crippen LogP contribution in [0.2, 0.25) is 0 Å². The number of nitrogens with zero attached hydrogens (tertiary/aromatic N) is 2. The van der Waals surface area contributed by atoms with Crippen LogP contribution in [-0.2, 0) is 16.0 Å². The Bertz CT molecular complexity index is 417. The Labute approximate surface area is 107 Å². The van der Waals surface area contributed by atoms with Gasteiger partial charge in [0.1, 0.15) is 0 Å². The van der Waals surface area contributed by atoms with Gasteiger partial charge < -0.3 is 14.2 Å². The van der Waals surface area contributed by atoms with E-state index in [1.807, 2.05) is 0 Å². The molecule has 6 heteroatoms. The Morgan fingerprint density at radius 3 is 2.72 bits per heavy atom. The molecule has 0 radical (unpaired) electrons. The number of hydrogen-bond donors (Lipinski definition) is 0. The second-order valence-corrected chi connectivity index (χ2v) is 3.83. The summed E-state index contributed by atoms with van der Waals surface area (Å²) in [7, 11) is 3.14. The van der Waals surface area contributed by atoms with Crippen LogP contribution in [0.3, 0.4) is 0 Å². The fourth-order valence-electron chi connectivity index (χ4n) is 1.53. The van der Waals surface area contributed by atoms with Crippen molar-refractivity contribution in [2.45, 2.75) is 19.9 Å². The number of hydrogen-bond acceptors (Lipinski definition) is 5. The highest BCUT2D eigenvalue weighted by atomic mass is 16.5. The van der Waals surface area contributed by atoms with E-state index >= 15 is 0 Å². The van der Waals surface area contributed by atoms with Gasteiger partial charge in [-0.25, -0.2) is 4.98 Å². The molecule has 102 valence electrons. The lowest BCUT2D eigenvalue weighted by atomic mass is 10.4. The molecule has 0 N–H and O–H groups in total. The zero-order valence-electron chi connectivity index (χ0n) is 11.1. The largest absolute Gasteiger partial charge is 0.468 e. The maximum absolute atomic E-state index is 11.8. The Hall–Kier alpha value is -1.40. The first kappa shape index (κ1) is 14.7. The van der Waals surface area contributed by atoms with Gasteiger partial charge in [0.15, 0.2) is 0 Å². The minimum Gasteiger partial charge on any atom is -0.468 e. The fraction of sp³-hybridized carbons (Fsp3) is 0.667. The predicted molar refractivity (Wildman–Crippen MR) is 67.1 cm³/mol.